The van der Waals surface area contributed by atoms with Crippen LogP contribution in [0.4, 0.5) is 5.82 Å². The quantitative estimate of drug-likeness (QED) is 0.499. The van der Waals surface area contributed by atoms with Crippen LogP contribution in [0.1, 0.15) is 26.3 Å². The molecule has 38 heavy (non-hydrogen) atoms. The number of hydrogen-bond donors (Lipinski definition) is 1. The van der Waals surface area contributed by atoms with Crippen molar-refractivity contribution in [3.8, 4) is 22.9 Å². The van der Waals surface area contributed by atoms with E-state index in [0.717, 1.165) is 16.9 Å². The molecule has 0 saturated carbocycles. The minimum Gasteiger partial charge on any atom is -0.489 e. The number of piperazine rings is 1. The molecule has 0 aliphatic carbocycles. The summed E-state index contributed by atoms with van der Waals surface area (Å²) in [5, 5.41) is 17.5. The zero-order valence-electron chi connectivity index (χ0n) is 22.1. The zero-order chi connectivity index (χ0) is 26.9. The molecular formula is C28H33N7O3. The van der Waals surface area contributed by atoms with Gasteiger partial charge in [0.2, 0.25) is 5.91 Å². The number of rotatable bonds is 6. The van der Waals surface area contributed by atoms with Gasteiger partial charge in [-0.2, -0.15) is 10.4 Å². The van der Waals surface area contributed by atoms with Crippen molar-refractivity contribution in [2.75, 3.05) is 50.8 Å². The number of pyridine rings is 2. The molecule has 2 fully saturated rings. The second-order valence-corrected chi connectivity index (χ2v) is 10.5. The number of anilines is 1. The first kappa shape index (κ1) is 25.7. The van der Waals surface area contributed by atoms with E-state index < -0.39 is 0 Å². The van der Waals surface area contributed by atoms with Gasteiger partial charge < -0.3 is 24.6 Å². The average molecular weight is 516 g/mol. The molecule has 0 unspecified atom stereocenters. The maximum absolute atomic E-state index is 12.2. The molecule has 1 atom stereocenters. The normalized spacial score (nSPS) is 19.3. The highest BCUT2D eigenvalue weighted by Gasteiger charge is 2.27. The van der Waals surface area contributed by atoms with Crippen LogP contribution in [0.3, 0.4) is 0 Å². The molecule has 1 N–H and O–H groups in total. The molecule has 2 saturated heterocycles. The van der Waals surface area contributed by atoms with Crippen molar-refractivity contribution in [2.45, 2.75) is 32.4 Å². The monoisotopic (exact) mass is 515 g/mol. The Morgan fingerprint density at radius 1 is 1.29 bits per heavy atom. The minimum absolute atomic E-state index is 0.00308. The third-order valence-corrected chi connectivity index (χ3v) is 6.95. The van der Waals surface area contributed by atoms with E-state index in [-0.39, 0.29) is 17.6 Å². The number of ether oxygens (including phenoxy) is 2. The molecule has 2 aliphatic rings. The first-order valence-corrected chi connectivity index (χ1v) is 12.8. The molecule has 10 nitrogen and oxygen atoms in total. The molecule has 0 aromatic carbocycles. The summed E-state index contributed by atoms with van der Waals surface area (Å²) in [5.41, 5.74) is 3.38. The number of amides is 1. The molecule has 5 rings (SSSR count). The highest BCUT2D eigenvalue weighted by molar-refractivity contribution is 5.92. The van der Waals surface area contributed by atoms with Crippen molar-refractivity contribution in [2.24, 2.45) is 0 Å². The number of carbonyl (C=O) groups excluding carboxylic acids is 1. The SMILES string of the molecule is C=C(C)C(=O)N1CCN(c2ccc(-c3cc(OC[C@@H]4CNC(C)(C)CO4)cn4ncc(C#N)c34)cn2)CC1. The van der Waals surface area contributed by atoms with Gasteiger partial charge in [-0.15, -0.1) is 0 Å². The molecule has 10 heteroatoms. The summed E-state index contributed by atoms with van der Waals surface area (Å²) in [4.78, 5) is 20.9. The first-order chi connectivity index (χ1) is 18.2. The Balaban J connectivity index is 1.34. The van der Waals surface area contributed by atoms with Crippen LogP contribution in [-0.2, 0) is 9.53 Å². The fourth-order valence-electron chi connectivity index (χ4n) is 4.74. The maximum atomic E-state index is 12.2. The zero-order valence-corrected chi connectivity index (χ0v) is 22.1. The highest BCUT2D eigenvalue weighted by Crippen LogP contribution is 2.31. The van der Waals surface area contributed by atoms with Crippen LogP contribution in [0.25, 0.3) is 16.6 Å². The number of nitrogens with one attached hydrogen (secondary N) is 1. The summed E-state index contributed by atoms with van der Waals surface area (Å²) >= 11 is 0. The molecule has 0 bridgehead atoms. The first-order valence-electron chi connectivity index (χ1n) is 12.8. The topological polar surface area (TPSA) is 108 Å². The van der Waals surface area contributed by atoms with Gasteiger partial charge in [0, 0.05) is 61.2 Å². The molecule has 0 radical (unpaired) electrons. The van der Waals surface area contributed by atoms with Gasteiger partial charge in [0.05, 0.1) is 30.1 Å². The molecule has 3 aromatic rings. The fourth-order valence-corrected chi connectivity index (χ4v) is 4.74. The summed E-state index contributed by atoms with van der Waals surface area (Å²) < 4.78 is 13.7. The van der Waals surface area contributed by atoms with Crippen LogP contribution in [0.15, 0.2) is 48.9 Å². The Kier molecular flexibility index (Phi) is 7.06. The van der Waals surface area contributed by atoms with E-state index in [4.69, 9.17) is 14.5 Å². The Bertz CT molecular complexity index is 1370. The molecule has 5 heterocycles. The van der Waals surface area contributed by atoms with Crippen molar-refractivity contribution >= 4 is 17.2 Å². The second-order valence-electron chi connectivity index (χ2n) is 10.5. The van der Waals surface area contributed by atoms with Crippen LogP contribution in [0, 0.1) is 11.3 Å². The van der Waals surface area contributed by atoms with Gasteiger partial charge in [-0.05, 0) is 39.0 Å². The molecule has 1 amide bonds. The van der Waals surface area contributed by atoms with E-state index in [0.29, 0.717) is 68.3 Å². The summed E-state index contributed by atoms with van der Waals surface area (Å²) in [6.45, 7) is 14.1. The number of fused-ring (bicyclic) bond motifs is 1. The van der Waals surface area contributed by atoms with Gasteiger partial charge in [-0.25, -0.2) is 9.50 Å². The average Bonchev–Trinajstić information content (AvgIpc) is 3.35. The lowest BCUT2D eigenvalue weighted by atomic mass is 10.0. The maximum Gasteiger partial charge on any atom is 0.249 e. The summed E-state index contributed by atoms with van der Waals surface area (Å²) in [6.07, 6.45) is 5.10. The van der Waals surface area contributed by atoms with E-state index in [1.807, 2.05) is 29.3 Å². The Labute approximate surface area is 222 Å². The van der Waals surface area contributed by atoms with Gasteiger partial charge in [0.25, 0.3) is 0 Å². The molecular weight excluding hydrogens is 482 g/mol. The van der Waals surface area contributed by atoms with Crippen molar-refractivity contribution in [3.63, 3.8) is 0 Å². The van der Waals surface area contributed by atoms with E-state index in [1.165, 1.54) is 0 Å². The smallest absolute Gasteiger partial charge is 0.249 e. The number of hydrogen-bond acceptors (Lipinski definition) is 8. The van der Waals surface area contributed by atoms with Crippen LogP contribution in [0.5, 0.6) is 5.75 Å². The summed E-state index contributed by atoms with van der Waals surface area (Å²) in [6, 6.07) is 8.13. The summed E-state index contributed by atoms with van der Waals surface area (Å²) in [7, 11) is 0. The lowest BCUT2D eigenvalue weighted by molar-refractivity contribution is -0.127. The lowest BCUT2D eigenvalue weighted by Crippen LogP contribution is -2.54. The third-order valence-electron chi connectivity index (χ3n) is 6.95. The van der Waals surface area contributed by atoms with Gasteiger partial charge in [-0.1, -0.05) is 6.58 Å². The number of carbonyl (C=O) groups is 1. The number of morpholine rings is 1. The van der Waals surface area contributed by atoms with Crippen molar-refractivity contribution in [3.05, 3.63) is 54.5 Å². The highest BCUT2D eigenvalue weighted by atomic mass is 16.5. The van der Waals surface area contributed by atoms with E-state index in [9.17, 15) is 10.1 Å². The molecule has 2 aliphatic heterocycles. The fraction of sp³-hybridized carbons (Fsp3) is 0.429. The predicted octanol–water partition coefficient (Wildman–Crippen LogP) is 2.64. The molecule has 3 aromatic heterocycles. The van der Waals surface area contributed by atoms with Crippen LogP contribution < -0.4 is 15.0 Å². The van der Waals surface area contributed by atoms with Crippen LogP contribution in [-0.4, -0.2) is 83.0 Å². The minimum atomic E-state index is -0.0541. The van der Waals surface area contributed by atoms with Crippen molar-refractivity contribution in [1.82, 2.24) is 24.8 Å². The van der Waals surface area contributed by atoms with Gasteiger partial charge >= 0.3 is 0 Å². The second kappa shape index (κ2) is 10.4. The number of nitrogens with zero attached hydrogens (tertiary/aromatic N) is 6. The Morgan fingerprint density at radius 3 is 2.71 bits per heavy atom. The van der Waals surface area contributed by atoms with E-state index >= 15 is 0 Å². The number of nitriles is 1. The predicted molar refractivity (Wildman–Crippen MR) is 144 cm³/mol. The summed E-state index contributed by atoms with van der Waals surface area (Å²) in [5.74, 6) is 1.48. The molecule has 0 spiro atoms. The van der Waals surface area contributed by atoms with Crippen molar-refractivity contribution in [1.29, 1.82) is 5.26 Å². The van der Waals surface area contributed by atoms with E-state index in [2.05, 4.69) is 41.8 Å². The van der Waals surface area contributed by atoms with Gasteiger partial charge in [0.15, 0.2) is 0 Å². The Morgan fingerprint density at radius 2 is 2.08 bits per heavy atom. The molecule has 198 valence electrons. The van der Waals surface area contributed by atoms with Crippen LogP contribution in [0.2, 0.25) is 0 Å². The van der Waals surface area contributed by atoms with Crippen molar-refractivity contribution < 1.29 is 14.3 Å². The number of aromatic nitrogens is 3. The lowest BCUT2D eigenvalue weighted by Gasteiger charge is -2.35. The van der Waals surface area contributed by atoms with E-state index in [1.54, 1.807) is 23.8 Å². The Hall–Kier alpha value is -3.94. The van der Waals surface area contributed by atoms with Crippen LogP contribution >= 0.6 is 0 Å². The third kappa shape index (κ3) is 5.35. The van der Waals surface area contributed by atoms with Gasteiger partial charge in [-0.3, -0.25) is 4.79 Å². The van der Waals surface area contributed by atoms with Gasteiger partial charge in [0.1, 0.15) is 30.3 Å². The standard InChI is InChI=1S/C28H33N7O3/c1-19(2)27(36)34-9-7-33(8-10-34)25-6-5-20(13-30-25)24-11-22(16-35-26(24)21(12-29)14-32-35)37-17-23-15-31-28(3,4)18-38-23/h5-6,11,13-14,16,23,31H,1,7-10,15,17-18H2,2-4H3/t23-/m0/s1. The largest absolute Gasteiger partial charge is 0.489 e.